The molecule has 0 saturated carbocycles. The van der Waals surface area contributed by atoms with Gasteiger partial charge in [0.25, 0.3) is 0 Å². The molecule has 1 aromatic carbocycles. The molecule has 48 heavy (non-hydrogen) atoms. The summed E-state index contributed by atoms with van der Waals surface area (Å²) in [7, 11) is 4.91. The van der Waals surface area contributed by atoms with E-state index in [0.29, 0.717) is 169 Å². The summed E-state index contributed by atoms with van der Waals surface area (Å²) in [5.74, 6) is 1.43. The zero-order valence-electron chi connectivity index (χ0n) is 29.2. The van der Waals surface area contributed by atoms with E-state index in [2.05, 4.69) is 6.07 Å². The van der Waals surface area contributed by atoms with Crippen molar-refractivity contribution in [3.05, 3.63) is 18.2 Å². The largest absolute Gasteiger partial charge is 0.487 e. The Kier molecular flexibility index (Phi) is 33.5. The van der Waals surface area contributed by atoms with Crippen LogP contribution in [0.15, 0.2) is 12.1 Å². The minimum absolute atomic E-state index is 0.281. The van der Waals surface area contributed by atoms with Gasteiger partial charge in [0.1, 0.15) is 19.8 Å². The topological polar surface area (TPSA) is 138 Å². The molecule has 281 valence electrons. The molecule has 0 bridgehead atoms. The van der Waals surface area contributed by atoms with Crippen LogP contribution in [0.4, 0.5) is 0 Å². The molecule has 0 fully saturated rings. The molecule has 0 aliphatic carbocycles. The van der Waals surface area contributed by atoms with Crippen molar-refractivity contribution < 1.29 is 71.1 Å². The van der Waals surface area contributed by atoms with Gasteiger partial charge in [-0.3, -0.25) is 0 Å². The summed E-state index contributed by atoms with van der Waals surface area (Å²) in [6, 6.07) is 6.45. The van der Waals surface area contributed by atoms with Gasteiger partial charge in [-0.05, 0) is 18.2 Å². The van der Waals surface area contributed by atoms with Gasteiger partial charge in [-0.25, -0.2) is 0 Å². The maximum atomic E-state index is 6.04. The quantitative estimate of drug-likeness (QED) is 0.0924. The van der Waals surface area contributed by atoms with Crippen molar-refractivity contribution in [1.29, 1.82) is 0 Å². The molecular formula is C33H59O15. The van der Waals surface area contributed by atoms with E-state index in [9.17, 15) is 0 Å². The molecule has 0 heterocycles. The van der Waals surface area contributed by atoms with Gasteiger partial charge >= 0.3 is 0 Å². The number of ether oxygens (including phenoxy) is 15. The molecule has 0 amide bonds. The Balaban J connectivity index is 2.37. The number of rotatable bonds is 39. The van der Waals surface area contributed by atoms with Crippen molar-refractivity contribution in [1.82, 2.24) is 0 Å². The Morgan fingerprint density at radius 1 is 0.312 bits per heavy atom. The summed E-state index contributed by atoms with van der Waals surface area (Å²) in [5, 5.41) is 0. The van der Waals surface area contributed by atoms with Crippen molar-refractivity contribution in [2.75, 3.05) is 180 Å². The summed E-state index contributed by atoms with van der Waals surface area (Å²) in [6.07, 6.45) is 0. The lowest BCUT2D eigenvalue weighted by atomic mass is 10.3. The highest BCUT2D eigenvalue weighted by Crippen LogP contribution is 2.37. The number of hydrogen-bond acceptors (Lipinski definition) is 15. The molecule has 0 N–H and O–H groups in total. The third-order valence-corrected chi connectivity index (χ3v) is 5.85. The molecule has 1 radical (unpaired) electrons. The van der Waals surface area contributed by atoms with Crippen LogP contribution in [-0.4, -0.2) is 180 Å². The van der Waals surface area contributed by atoms with Gasteiger partial charge in [0.15, 0.2) is 11.5 Å². The van der Waals surface area contributed by atoms with Gasteiger partial charge in [0.2, 0.25) is 5.75 Å². The summed E-state index contributed by atoms with van der Waals surface area (Å²) < 4.78 is 82.2. The molecule has 0 aromatic heterocycles. The average molecular weight is 696 g/mol. The van der Waals surface area contributed by atoms with Crippen LogP contribution in [0, 0.1) is 6.07 Å². The smallest absolute Gasteiger partial charge is 0.203 e. The molecule has 0 saturated heterocycles. The van der Waals surface area contributed by atoms with Gasteiger partial charge in [0.05, 0.1) is 139 Å². The van der Waals surface area contributed by atoms with E-state index in [0.717, 1.165) is 0 Å². The van der Waals surface area contributed by atoms with E-state index >= 15 is 0 Å². The fourth-order valence-corrected chi connectivity index (χ4v) is 3.48. The van der Waals surface area contributed by atoms with Crippen molar-refractivity contribution >= 4 is 0 Å². The molecule has 15 heteroatoms. The summed E-state index contributed by atoms with van der Waals surface area (Å²) in [4.78, 5) is 0. The minimum Gasteiger partial charge on any atom is -0.487 e. The minimum atomic E-state index is 0.281. The molecule has 15 nitrogen and oxygen atoms in total. The third kappa shape index (κ3) is 28.0. The Bertz CT molecular complexity index is 743. The first-order valence-electron chi connectivity index (χ1n) is 16.4. The second-order valence-electron chi connectivity index (χ2n) is 9.55. The predicted molar refractivity (Wildman–Crippen MR) is 175 cm³/mol. The maximum absolute atomic E-state index is 6.04. The highest BCUT2D eigenvalue weighted by Gasteiger charge is 2.13. The van der Waals surface area contributed by atoms with Crippen LogP contribution in [0.3, 0.4) is 0 Å². The maximum Gasteiger partial charge on any atom is 0.203 e. The standard InChI is InChI=1S/C33H59O15/c1-34-7-10-37-13-16-40-19-22-43-25-28-46-31-5-4-6-32(47-29-26-44-23-20-41-17-14-38-11-8-35-2)33(31)48-30-27-45-24-21-42-18-15-39-12-9-36-3/h5-6H,7-30H2,1-3H3. The molecule has 1 aromatic rings. The second kappa shape index (κ2) is 36.4. The van der Waals surface area contributed by atoms with Crippen LogP contribution in [0.1, 0.15) is 0 Å². The van der Waals surface area contributed by atoms with Crippen LogP contribution in [0.5, 0.6) is 17.2 Å². The fourth-order valence-electron chi connectivity index (χ4n) is 3.48. The second-order valence-corrected chi connectivity index (χ2v) is 9.55. The summed E-state index contributed by atoms with van der Waals surface area (Å²) in [5.41, 5.74) is 0. The first-order valence-corrected chi connectivity index (χ1v) is 16.4. The number of methoxy groups -OCH3 is 3. The van der Waals surface area contributed by atoms with Crippen LogP contribution in [-0.2, 0) is 56.8 Å². The first kappa shape index (κ1) is 44.2. The summed E-state index contributed by atoms with van der Waals surface area (Å²) >= 11 is 0. The lowest BCUT2D eigenvalue weighted by Crippen LogP contribution is -2.16. The van der Waals surface area contributed by atoms with Crippen LogP contribution >= 0.6 is 0 Å². The van der Waals surface area contributed by atoms with E-state index < -0.39 is 0 Å². The first-order chi connectivity index (χ1) is 23.8. The van der Waals surface area contributed by atoms with E-state index in [4.69, 9.17) is 71.1 Å². The molecule has 0 unspecified atom stereocenters. The van der Waals surface area contributed by atoms with Crippen molar-refractivity contribution in [3.63, 3.8) is 0 Å². The summed E-state index contributed by atoms with van der Waals surface area (Å²) in [6.45, 7) is 11.0. The van der Waals surface area contributed by atoms with E-state index in [1.807, 2.05) is 0 Å². The van der Waals surface area contributed by atoms with Crippen molar-refractivity contribution in [2.45, 2.75) is 0 Å². The van der Waals surface area contributed by atoms with E-state index in [-0.39, 0.29) is 6.61 Å². The molecule has 0 spiro atoms. The normalized spacial score (nSPS) is 11.3. The average Bonchev–Trinajstić information content (AvgIpc) is 3.10. The van der Waals surface area contributed by atoms with Crippen LogP contribution < -0.4 is 14.2 Å². The van der Waals surface area contributed by atoms with Crippen molar-refractivity contribution in [2.24, 2.45) is 0 Å². The zero-order chi connectivity index (χ0) is 34.4. The highest BCUT2D eigenvalue weighted by molar-refractivity contribution is 5.50. The lowest BCUT2D eigenvalue weighted by Gasteiger charge is -2.17. The SMILES string of the molecule is COCCOCCOCCOCCOc1c[c]cc(OCCOCCOCCOCCOC)c1OCCOCCOCCOCCOC. The van der Waals surface area contributed by atoms with Crippen LogP contribution in [0.2, 0.25) is 0 Å². The lowest BCUT2D eigenvalue weighted by molar-refractivity contribution is -0.00160. The van der Waals surface area contributed by atoms with Crippen molar-refractivity contribution in [3.8, 4) is 17.2 Å². The van der Waals surface area contributed by atoms with Gasteiger partial charge in [0, 0.05) is 21.3 Å². The predicted octanol–water partition coefficient (Wildman–Crippen LogP) is 1.71. The van der Waals surface area contributed by atoms with Gasteiger partial charge in [-0.1, -0.05) is 0 Å². The molecule has 0 aliphatic heterocycles. The Morgan fingerprint density at radius 3 is 0.812 bits per heavy atom. The van der Waals surface area contributed by atoms with Crippen LogP contribution in [0.25, 0.3) is 0 Å². The van der Waals surface area contributed by atoms with Gasteiger partial charge < -0.3 is 71.1 Å². The Morgan fingerprint density at radius 2 is 0.542 bits per heavy atom. The molecule has 1 rings (SSSR count). The van der Waals surface area contributed by atoms with Gasteiger partial charge in [-0.15, -0.1) is 0 Å². The number of benzene rings is 1. The number of hydrogen-bond donors (Lipinski definition) is 0. The van der Waals surface area contributed by atoms with Gasteiger partial charge in [-0.2, -0.15) is 0 Å². The fraction of sp³-hybridized carbons (Fsp3) is 0.818. The molecular weight excluding hydrogens is 636 g/mol. The molecule has 0 aliphatic rings. The Labute approximate surface area is 286 Å². The highest BCUT2D eigenvalue weighted by atomic mass is 16.6. The zero-order valence-corrected chi connectivity index (χ0v) is 29.2. The van der Waals surface area contributed by atoms with E-state index in [1.54, 1.807) is 33.5 Å². The molecule has 0 atom stereocenters. The van der Waals surface area contributed by atoms with E-state index in [1.165, 1.54) is 0 Å². The monoisotopic (exact) mass is 695 g/mol. The Hall–Kier alpha value is -1.86. The third-order valence-electron chi connectivity index (χ3n) is 5.85.